The van der Waals surface area contributed by atoms with Crippen LogP contribution in [0.4, 0.5) is 8.78 Å². The molecule has 1 heterocycles. The molecule has 0 spiro atoms. The van der Waals surface area contributed by atoms with Crippen LogP contribution in [-0.4, -0.2) is 4.98 Å². The summed E-state index contributed by atoms with van der Waals surface area (Å²) in [6.07, 6.45) is 1.67. The molecule has 1 atom stereocenters. The fraction of sp³-hybridized carbons (Fsp3) is 0.118. The minimum absolute atomic E-state index is 0.373. The standard InChI is InChI=1S/C17H14F2N2/c1-17(20,12-8-13(18)10-14(19)9-12)15-6-2-4-11-5-3-7-21-16(11)15/h2-10H,20H2,1H3. The molecule has 21 heavy (non-hydrogen) atoms. The maximum atomic E-state index is 13.5. The normalized spacial score (nSPS) is 14.1. The zero-order valence-corrected chi connectivity index (χ0v) is 11.5. The van der Waals surface area contributed by atoms with Gasteiger partial charge in [-0.25, -0.2) is 8.78 Å². The third-order valence-corrected chi connectivity index (χ3v) is 3.65. The molecule has 2 aromatic carbocycles. The van der Waals surface area contributed by atoms with Gasteiger partial charge in [0.1, 0.15) is 11.6 Å². The van der Waals surface area contributed by atoms with Crippen LogP contribution in [0, 0.1) is 11.6 Å². The van der Waals surface area contributed by atoms with Gasteiger partial charge in [0.15, 0.2) is 0 Å². The van der Waals surface area contributed by atoms with Crippen LogP contribution in [0.3, 0.4) is 0 Å². The quantitative estimate of drug-likeness (QED) is 0.778. The molecule has 4 heteroatoms. The Hall–Kier alpha value is -2.33. The number of halogens is 2. The van der Waals surface area contributed by atoms with Gasteiger partial charge in [0.2, 0.25) is 0 Å². The number of rotatable bonds is 2. The van der Waals surface area contributed by atoms with E-state index in [4.69, 9.17) is 5.73 Å². The molecule has 3 rings (SSSR count). The molecular formula is C17H14F2N2. The van der Waals surface area contributed by atoms with Crippen molar-refractivity contribution in [1.82, 2.24) is 4.98 Å². The molecule has 0 bridgehead atoms. The smallest absolute Gasteiger partial charge is 0.126 e. The van der Waals surface area contributed by atoms with E-state index < -0.39 is 17.2 Å². The fourth-order valence-electron chi connectivity index (χ4n) is 2.53. The topological polar surface area (TPSA) is 38.9 Å². The summed E-state index contributed by atoms with van der Waals surface area (Å²) in [4.78, 5) is 4.35. The molecule has 0 fully saturated rings. The maximum Gasteiger partial charge on any atom is 0.126 e. The molecule has 0 aliphatic rings. The van der Waals surface area contributed by atoms with E-state index in [1.807, 2.05) is 30.3 Å². The lowest BCUT2D eigenvalue weighted by Gasteiger charge is -2.27. The molecule has 0 saturated carbocycles. The molecule has 0 radical (unpaired) electrons. The van der Waals surface area contributed by atoms with Crippen molar-refractivity contribution in [3.63, 3.8) is 0 Å². The fourth-order valence-corrected chi connectivity index (χ4v) is 2.53. The summed E-state index contributed by atoms with van der Waals surface area (Å²) < 4.78 is 27.0. The van der Waals surface area contributed by atoms with Gasteiger partial charge in [0.25, 0.3) is 0 Å². The van der Waals surface area contributed by atoms with E-state index in [-0.39, 0.29) is 0 Å². The average molecular weight is 284 g/mol. The molecule has 106 valence electrons. The number of benzene rings is 2. The first-order chi connectivity index (χ1) is 9.98. The van der Waals surface area contributed by atoms with Crippen LogP contribution in [0.25, 0.3) is 10.9 Å². The Balaban J connectivity index is 2.24. The zero-order chi connectivity index (χ0) is 15.0. The van der Waals surface area contributed by atoms with Crippen LogP contribution in [-0.2, 0) is 5.54 Å². The monoisotopic (exact) mass is 284 g/mol. The van der Waals surface area contributed by atoms with Gasteiger partial charge in [-0.1, -0.05) is 24.3 Å². The Morgan fingerprint density at radius 3 is 2.38 bits per heavy atom. The Kier molecular flexibility index (Phi) is 3.18. The first-order valence-electron chi connectivity index (χ1n) is 6.58. The Labute approximate surface area is 121 Å². The van der Waals surface area contributed by atoms with Crippen LogP contribution in [0.15, 0.2) is 54.7 Å². The lowest BCUT2D eigenvalue weighted by molar-refractivity contribution is 0.552. The molecule has 1 unspecified atom stereocenters. The van der Waals surface area contributed by atoms with Gasteiger partial charge in [-0.15, -0.1) is 0 Å². The second kappa shape index (κ2) is 4.90. The van der Waals surface area contributed by atoms with Gasteiger partial charge in [0, 0.05) is 23.2 Å². The van der Waals surface area contributed by atoms with Crippen LogP contribution in [0.5, 0.6) is 0 Å². The third kappa shape index (κ3) is 2.38. The van der Waals surface area contributed by atoms with Crippen LogP contribution >= 0.6 is 0 Å². The van der Waals surface area contributed by atoms with Crippen LogP contribution in [0.1, 0.15) is 18.1 Å². The van der Waals surface area contributed by atoms with Crippen molar-refractivity contribution >= 4 is 10.9 Å². The molecule has 2 N–H and O–H groups in total. The number of hydrogen-bond donors (Lipinski definition) is 1. The lowest BCUT2D eigenvalue weighted by atomic mass is 9.84. The largest absolute Gasteiger partial charge is 0.318 e. The first-order valence-corrected chi connectivity index (χ1v) is 6.58. The predicted molar refractivity (Wildman–Crippen MR) is 78.7 cm³/mol. The predicted octanol–water partition coefficient (Wildman–Crippen LogP) is 3.74. The van der Waals surface area contributed by atoms with Gasteiger partial charge in [-0.3, -0.25) is 4.98 Å². The summed E-state index contributed by atoms with van der Waals surface area (Å²) in [6.45, 7) is 1.73. The highest BCUT2D eigenvalue weighted by Crippen LogP contribution is 2.31. The highest BCUT2D eigenvalue weighted by atomic mass is 19.1. The van der Waals surface area contributed by atoms with Gasteiger partial charge < -0.3 is 5.73 Å². The van der Waals surface area contributed by atoms with Crippen molar-refractivity contribution < 1.29 is 8.78 Å². The van der Waals surface area contributed by atoms with E-state index in [1.165, 1.54) is 12.1 Å². The van der Waals surface area contributed by atoms with Crippen molar-refractivity contribution in [2.45, 2.75) is 12.5 Å². The van der Waals surface area contributed by atoms with Crippen LogP contribution < -0.4 is 5.73 Å². The second-order valence-corrected chi connectivity index (χ2v) is 5.24. The van der Waals surface area contributed by atoms with Crippen molar-refractivity contribution in [3.05, 3.63) is 77.5 Å². The molecule has 0 amide bonds. The number of hydrogen-bond acceptors (Lipinski definition) is 2. The molecule has 2 nitrogen and oxygen atoms in total. The lowest BCUT2D eigenvalue weighted by Crippen LogP contribution is -2.35. The zero-order valence-electron chi connectivity index (χ0n) is 11.5. The molecule has 1 aromatic heterocycles. The van der Waals surface area contributed by atoms with Crippen molar-refractivity contribution in [2.24, 2.45) is 5.73 Å². The van der Waals surface area contributed by atoms with Crippen molar-refractivity contribution in [3.8, 4) is 0 Å². The van der Waals surface area contributed by atoms with Gasteiger partial charge >= 0.3 is 0 Å². The summed E-state index contributed by atoms with van der Waals surface area (Å²) in [5.41, 5.74) is 7.18. The van der Waals surface area contributed by atoms with Gasteiger partial charge in [-0.05, 0) is 30.7 Å². The minimum atomic E-state index is -1.04. The molecule has 3 aromatic rings. The Morgan fingerprint density at radius 1 is 1.00 bits per heavy atom. The first kappa shape index (κ1) is 13.6. The van der Waals surface area contributed by atoms with Gasteiger partial charge in [0.05, 0.1) is 11.1 Å². The summed E-state index contributed by atoms with van der Waals surface area (Å²) in [5.74, 6) is -1.29. The number of para-hydroxylation sites is 1. The van der Waals surface area contributed by atoms with Crippen molar-refractivity contribution in [1.29, 1.82) is 0 Å². The van der Waals surface area contributed by atoms with Crippen molar-refractivity contribution in [2.75, 3.05) is 0 Å². The van der Waals surface area contributed by atoms with E-state index >= 15 is 0 Å². The molecule has 0 aliphatic carbocycles. The Morgan fingerprint density at radius 2 is 1.67 bits per heavy atom. The second-order valence-electron chi connectivity index (χ2n) is 5.24. The average Bonchev–Trinajstić information content (AvgIpc) is 2.45. The summed E-state index contributed by atoms with van der Waals surface area (Å²) in [7, 11) is 0. The highest BCUT2D eigenvalue weighted by Gasteiger charge is 2.27. The number of fused-ring (bicyclic) bond motifs is 1. The summed E-state index contributed by atoms with van der Waals surface area (Å²) in [6, 6.07) is 12.7. The Bertz CT molecular complexity index is 787. The molecular weight excluding hydrogens is 270 g/mol. The number of pyridine rings is 1. The number of nitrogens with zero attached hydrogens (tertiary/aromatic N) is 1. The van der Waals surface area contributed by atoms with Gasteiger partial charge in [-0.2, -0.15) is 0 Å². The van der Waals surface area contributed by atoms with E-state index in [0.717, 1.165) is 22.5 Å². The highest BCUT2D eigenvalue weighted by molar-refractivity contribution is 5.83. The molecule has 0 saturated heterocycles. The van der Waals surface area contributed by atoms with E-state index in [2.05, 4.69) is 4.98 Å². The summed E-state index contributed by atoms with van der Waals surface area (Å²) >= 11 is 0. The van der Waals surface area contributed by atoms with E-state index in [0.29, 0.717) is 5.56 Å². The minimum Gasteiger partial charge on any atom is -0.318 e. The van der Waals surface area contributed by atoms with E-state index in [9.17, 15) is 8.78 Å². The molecule has 0 aliphatic heterocycles. The van der Waals surface area contributed by atoms with E-state index in [1.54, 1.807) is 13.1 Å². The number of nitrogens with two attached hydrogens (primary N) is 1. The van der Waals surface area contributed by atoms with Crippen LogP contribution in [0.2, 0.25) is 0 Å². The number of aromatic nitrogens is 1. The SMILES string of the molecule is CC(N)(c1cc(F)cc(F)c1)c1cccc2cccnc12. The maximum absolute atomic E-state index is 13.5. The third-order valence-electron chi connectivity index (χ3n) is 3.65. The summed E-state index contributed by atoms with van der Waals surface area (Å²) in [5, 5.41) is 0.934.